The van der Waals surface area contributed by atoms with Gasteiger partial charge in [-0.25, -0.2) is 8.42 Å². The van der Waals surface area contributed by atoms with Gasteiger partial charge in [-0.2, -0.15) is 0 Å². The van der Waals surface area contributed by atoms with E-state index in [0.717, 1.165) is 18.4 Å². The molecule has 0 bridgehead atoms. The molecule has 1 aliphatic rings. The molecule has 0 saturated heterocycles. The third-order valence-electron chi connectivity index (χ3n) is 5.49. The van der Waals surface area contributed by atoms with Crippen LogP contribution in [0.25, 0.3) is 0 Å². The van der Waals surface area contributed by atoms with E-state index >= 15 is 0 Å². The highest BCUT2D eigenvalue weighted by atomic mass is 32.2. The molecule has 3 rings (SSSR count). The Kier molecular flexibility index (Phi) is 7.33. The molecule has 0 aliphatic heterocycles. The maximum atomic E-state index is 12.8. The standard InChI is InChI=1S/C23H29N3O4S/c1-17-10-12-18(13-11-17)25-22(27)16-26(2)23(28)15-24-19-6-5-9-21(14-19)31(29,30)20-7-3-4-8-20/h5-6,9-14,20,24H,3-4,7-8,15-16H2,1-2H3,(H,25,27). The van der Waals surface area contributed by atoms with E-state index in [1.165, 1.54) is 4.90 Å². The van der Waals surface area contributed by atoms with Gasteiger partial charge in [0.15, 0.2) is 9.84 Å². The molecule has 2 amide bonds. The van der Waals surface area contributed by atoms with E-state index in [0.29, 0.717) is 24.2 Å². The van der Waals surface area contributed by atoms with Gasteiger partial charge in [0.05, 0.1) is 23.2 Å². The van der Waals surface area contributed by atoms with Gasteiger partial charge >= 0.3 is 0 Å². The molecule has 0 unspecified atom stereocenters. The fourth-order valence-corrected chi connectivity index (χ4v) is 5.53. The number of rotatable bonds is 8. The predicted molar refractivity (Wildman–Crippen MR) is 122 cm³/mol. The summed E-state index contributed by atoms with van der Waals surface area (Å²) in [5, 5.41) is 5.41. The Hall–Kier alpha value is -2.87. The summed E-state index contributed by atoms with van der Waals surface area (Å²) >= 11 is 0. The number of sulfone groups is 1. The number of benzene rings is 2. The molecule has 166 valence electrons. The Morgan fingerprint density at radius 2 is 1.71 bits per heavy atom. The molecule has 1 aliphatic carbocycles. The number of hydrogen-bond donors (Lipinski definition) is 2. The average Bonchev–Trinajstić information content (AvgIpc) is 3.29. The Bertz CT molecular complexity index is 1030. The molecule has 2 aromatic carbocycles. The first-order valence-electron chi connectivity index (χ1n) is 10.4. The van der Waals surface area contributed by atoms with E-state index in [1.807, 2.05) is 31.2 Å². The Morgan fingerprint density at radius 1 is 1.03 bits per heavy atom. The zero-order chi connectivity index (χ0) is 22.4. The average molecular weight is 444 g/mol. The lowest BCUT2D eigenvalue weighted by Gasteiger charge is -2.18. The lowest BCUT2D eigenvalue weighted by Crippen LogP contribution is -2.38. The van der Waals surface area contributed by atoms with Crippen LogP contribution >= 0.6 is 0 Å². The number of nitrogens with zero attached hydrogens (tertiary/aromatic N) is 1. The van der Waals surface area contributed by atoms with Crippen molar-refractivity contribution < 1.29 is 18.0 Å². The van der Waals surface area contributed by atoms with Gasteiger partial charge < -0.3 is 15.5 Å². The molecule has 8 heteroatoms. The third-order valence-corrected chi connectivity index (χ3v) is 7.75. The normalized spacial score (nSPS) is 14.3. The molecule has 2 aromatic rings. The van der Waals surface area contributed by atoms with Crippen LogP contribution in [0.4, 0.5) is 11.4 Å². The SMILES string of the molecule is Cc1ccc(NC(=O)CN(C)C(=O)CNc2cccc(S(=O)(=O)C3CCCC3)c2)cc1. The van der Waals surface area contributed by atoms with Crippen molar-refractivity contribution in [2.45, 2.75) is 42.8 Å². The van der Waals surface area contributed by atoms with Crippen LogP contribution in [-0.2, 0) is 19.4 Å². The van der Waals surface area contributed by atoms with E-state index in [2.05, 4.69) is 10.6 Å². The van der Waals surface area contributed by atoms with Gasteiger partial charge in [-0.1, -0.05) is 36.6 Å². The Labute approximate surface area is 183 Å². The second-order valence-corrected chi connectivity index (χ2v) is 10.2. The second-order valence-electron chi connectivity index (χ2n) is 8.00. The van der Waals surface area contributed by atoms with E-state index < -0.39 is 9.84 Å². The minimum absolute atomic E-state index is 0.0404. The molecule has 0 heterocycles. The van der Waals surface area contributed by atoms with E-state index in [4.69, 9.17) is 0 Å². The maximum Gasteiger partial charge on any atom is 0.243 e. The number of likely N-dealkylation sites (N-methyl/N-ethyl adjacent to an activating group) is 1. The summed E-state index contributed by atoms with van der Waals surface area (Å²) in [6, 6.07) is 14.0. The van der Waals surface area contributed by atoms with E-state index in [1.54, 1.807) is 31.3 Å². The van der Waals surface area contributed by atoms with Crippen molar-refractivity contribution >= 4 is 33.0 Å². The smallest absolute Gasteiger partial charge is 0.243 e. The van der Waals surface area contributed by atoms with Crippen molar-refractivity contribution in [1.82, 2.24) is 4.90 Å². The number of anilines is 2. The fourth-order valence-electron chi connectivity index (χ4n) is 3.63. The topological polar surface area (TPSA) is 95.6 Å². The zero-order valence-corrected chi connectivity index (χ0v) is 18.7. The van der Waals surface area contributed by atoms with Gasteiger partial charge in [-0.3, -0.25) is 9.59 Å². The summed E-state index contributed by atoms with van der Waals surface area (Å²) in [4.78, 5) is 26.2. The molecule has 0 spiro atoms. The van der Waals surface area contributed by atoms with Crippen molar-refractivity contribution in [1.29, 1.82) is 0 Å². The monoisotopic (exact) mass is 443 g/mol. The van der Waals surface area contributed by atoms with Crippen LogP contribution in [0.2, 0.25) is 0 Å². The van der Waals surface area contributed by atoms with Crippen molar-refractivity contribution in [2.24, 2.45) is 0 Å². The number of carbonyl (C=O) groups is 2. The number of carbonyl (C=O) groups excluding carboxylic acids is 2. The molecule has 1 saturated carbocycles. The minimum atomic E-state index is -3.35. The molecular formula is C23H29N3O4S. The first-order valence-corrected chi connectivity index (χ1v) is 12.0. The van der Waals surface area contributed by atoms with Crippen LogP contribution in [-0.4, -0.2) is 50.5 Å². The van der Waals surface area contributed by atoms with Gasteiger partial charge in [-0.15, -0.1) is 0 Å². The highest BCUT2D eigenvalue weighted by Crippen LogP contribution is 2.30. The number of nitrogens with one attached hydrogen (secondary N) is 2. The summed E-state index contributed by atoms with van der Waals surface area (Å²) in [5.41, 5.74) is 2.33. The maximum absolute atomic E-state index is 12.8. The summed E-state index contributed by atoms with van der Waals surface area (Å²) in [5.74, 6) is -0.563. The summed E-state index contributed by atoms with van der Waals surface area (Å²) in [7, 11) is -1.80. The lowest BCUT2D eigenvalue weighted by atomic mass is 10.2. The molecule has 0 aromatic heterocycles. The van der Waals surface area contributed by atoms with Gasteiger partial charge in [0, 0.05) is 18.4 Å². The van der Waals surface area contributed by atoms with Crippen molar-refractivity contribution in [3.05, 3.63) is 54.1 Å². The van der Waals surface area contributed by atoms with Crippen LogP contribution in [0.15, 0.2) is 53.4 Å². The van der Waals surface area contributed by atoms with E-state index in [-0.39, 0.29) is 35.0 Å². The predicted octanol–water partition coefficient (Wildman–Crippen LogP) is 3.22. The van der Waals surface area contributed by atoms with E-state index in [9.17, 15) is 18.0 Å². The van der Waals surface area contributed by atoms with Gasteiger partial charge in [0.1, 0.15) is 0 Å². The molecular weight excluding hydrogens is 414 g/mol. The summed E-state index contributed by atoms with van der Waals surface area (Å²) in [6.07, 6.45) is 3.29. The molecule has 0 atom stereocenters. The van der Waals surface area contributed by atoms with Crippen molar-refractivity contribution in [2.75, 3.05) is 30.8 Å². The van der Waals surface area contributed by atoms with Crippen LogP contribution in [0.3, 0.4) is 0 Å². The molecule has 31 heavy (non-hydrogen) atoms. The van der Waals surface area contributed by atoms with Gasteiger partial charge in [0.25, 0.3) is 0 Å². The fraction of sp³-hybridized carbons (Fsp3) is 0.391. The second kappa shape index (κ2) is 9.96. The first-order chi connectivity index (χ1) is 14.8. The van der Waals surface area contributed by atoms with Crippen LogP contribution in [0, 0.1) is 6.92 Å². The summed E-state index contributed by atoms with van der Waals surface area (Å²) < 4.78 is 25.6. The van der Waals surface area contributed by atoms with Gasteiger partial charge in [-0.05, 0) is 50.1 Å². The number of hydrogen-bond acceptors (Lipinski definition) is 5. The highest BCUT2D eigenvalue weighted by molar-refractivity contribution is 7.92. The zero-order valence-electron chi connectivity index (χ0n) is 17.9. The number of amides is 2. The van der Waals surface area contributed by atoms with Gasteiger partial charge in [0.2, 0.25) is 11.8 Å². The van der Waals surface area contributed by atoms with Crippen molar-refractivity contribution in [3.8, 4) is 0 Å². The van der Waals surface area contributed by atoms with Crippen molar-refractivity contribution in [3.63, 3.8) is 0 Å². The molecule has 2 N–H and O–H groups in total. The Balaban J connectivity index is 1.52. The third kappa shape index (κ3) is 6.07. The largest absolute Gasteiger partial charge is 0.376 e. The lowest BCUT2D eigenvalue weighted by molar-refractivity contribution is -0.131. The summed E-state index contributed by atoms with van der Waals surface area (Å²) in [6.45, 7) is 1.84. The quantitative estimate of drug-likeness (QED) is 0.653. The minimum Gasteiger partial charge on any atom is -0.376 e. The van der Waals surface area contributed by atoms with Crippen LogP contribution < -0.4 is 10.6 Å². The highest BCUT2D eigenvalue weighted by Gasteiger charge is 2.30. The molecule has 0 radical (unpaired) electrons. The van der Waals surface area contributed by atoms with Crippen LogP contribution in [0.1, 0.15) is 31.2 Å². The first kappa shape index (κ1) is 22.8. The van der Waals surface area contributed by atoms with Crippen LogP contribution in [0.5, 0.6) is 0 Å². The number of aryl methyl sites for hydroxylation is 1. The molecule has 1 fully saturated rings. The molecule has 7 nitrogen and oxygen atoms in total. The Morgan fingerprint density at radius 3 is 2.39 bits per heavy atom.